The maximum atomic E-state index is 12.8. The predicted octanol–water partition coefficient (Wildman–Crippen LogP) is 2.53. The first kappa shape index (κ1) is 22.3. The molecule has 28 heavy (non-hydrogen) atoms. The van der Waals surface area contributed by atoms with Gasteiger partial charge in [0.1, 0.15) is 4.21 Å². The zero-order valence-corrected chi connectivity index (χ0v) is 20.1. The molecule has 3 fully saturated rings. The van der Waals surface area contributed by atoms with E-state index in [-0.39, 0.29) is 30.1 Å². The second kappa shape index (κ2) is 9.59. The molecule has 0 aromatic carbocycles. The lowest BCUT2D eigenvalue weighted by Gasteiger charge is -2.25. The van der Waals surface area contributed by atoms with Gasteiger partial charge in [-0.25, -0.2) is 8.42 Å². The van der Waals surface area contributed by atoms with Gasteiger partial charge < -0.3 is 15.4 Å². The van der Waals surface area contributed by atoms with E-state index in [4.69, 9.17) is 4.74 Å². The van der Waals surface area contributed by atoms with Crippen LogP contribution >= 0.6 is 35.3 Å². The molecule has 0 saturated carbocycles. The highest BCUT2D eigenvalue weighted by atomic mass is 127. The van der Waals surface area contributed by atoms with Gasteiger partial charge in [-0.3, -0.25) is 4.99 Å². The Hall–Kier alpha value is -0.430. The molecule has 3 saturated heterocycles. The van der Waals surface area contributed by atoms with Gasteiger partial charge in [0.2, 0.25) is 0 Å². The Bertz CT molecular complexity index is 793. The van der Waals surface area contributed by atoms with Crippen LogP contribution in [0.5, 0.6) is 0 Å². The van der Waals surface area contributed by atoms with E-state index >= 15 is 0 Å². The Labute approximate surface area is 188 Å². The van der Waals surface area contributed by atoms with Crippen LogP contribution in [0.1, 0.15) is 43.4 Å². The third-order valence-corrected chi connectivity index (χ3v) is 9.08. The summed E-state index contributed by atoms with van der Waals surface area (Å²) in [6.45, 7) is 1.83. The highest BCUT2D eigenvalue weighted by Gasteiger charge is 2.41. The number of halogens is 1. The molecule has 0 aliphatic carbocycles. The van der Waals surface area contributed by atoms with E-state index < -0.39 is 10.0 Å². The van der Waals surface area contributed by atoms with Crippen molar-refractivity contribution < 1.29 is 13.2 Å². The molecule has 0 spiro atoms. The Kier molecular flexibility index (Phi) is 7.62. The smallest absolute Gasteiger partial charge is 0.252 e. The van der Waals surface area contributed by atoms with Gasteiger partial charge in [-0.15, -0.1) is 35.3 Å². The Balaban J connectivity index is 0.00000225. The zero-order chi connectivity index (χ0) is 18.9. The van der Waals surface area contributed by atoms with Crippen LogP contribution < -0.4 is 10.6 Å². The number of thiophene rings is 1. The molecule has 3 aliphatic heterocycles. The van der Waals surface area contributed by atoms with Crippen molar-refractivity contribution in [1.29, 1.82) is 0 Å². The molecule has 4 rings (SSSR count). The van der Waals surface area contributed by atoms with Gasteiger partial charge >= 0.3 is 0 Å². The predicted molar refractivity (Wildman–Crippen MR) is 122 cm³/mol. The van der Waals surface area contributed by atoms with E-state index in [1.54, 1.807) is 17.4 Å². The van der Waals surface area contributed by atoms with Gasteiger partial charge in [-0.2, -0.15) is 4.31 Å². The third-order valence-electron chi connectivity index (χ3n) is 5.63. The normalized spacial score (nSPS) is 28.2. The van der Waals surface area contributed by atoms with Crippen LogP contribution in [0.3, 0.4) is 0 Å². The summed E-state index contributed by atoms with van der Waals surface area (Å²) in [6.07, 6.45) is 7.01. The molecule has 1 aromatic heterocycles. The molecular weight excluding hydrogens is 511 g/mol. The second-order valence-electron chi connectivity index (χ2n) is 7.47. The summed E-state index contributed by atoms with van der Waals surface area (Å²) in [5, 5.41) is 6.75. The minimum Gasteiger partial charge on any atom is -0.373 e. The van der Waals surface area contributed by atoms with Crippen LogP contribution in [0.25, 0.3) is 0 Å². The SMILES string of the molecule is CN=C(NCc1ccc(S(=O)(=O)N2CCCCC2)s1)NC1CC2CCC1O2.I. The highest BCUT2D eigenvalue weighted by Crippen LogP contribution is 2.34. The Morgan fingerprint density at radius 2 is 2.07 bits per heavy atom. The van der Waals surface area contributed by atoms with Crippen LogP contribution in [0.2, 0.25) is 0 Å². The maximum Gasteiger partial charge on any atom is 0.252 e. The number of aliphatic imine (C=N–C) groups is 1. The topological polar surface area (TPSA) is 83.0 Å². The van der Waals surface area contributed by atoms with Crippen LogP contribution in [-0.2, 0) is 21.3 Å². The molecule has 0 radical (unpaired) electrons. The molecular formula is C18H29IN4O3S2. The van der Waals surface area contributed by atoms with Crippen LogP contribution in [0.15, 0.2) is 21.3 Å². The monoisotopic (exact) mass is 540 g/mol. The van der Waals surface area contributed by atoms with Crippen molar-refractivity contribution in [1.82, 2.24) is 14.9 Å². The molecule has 3 unspecified atom stereocenters. The number of nitrogens with one attached hydrogen (secondary N) is 2. The summed E-state index contributed by atoms with van der Waals surface area (Å²) >= 11 is 1.34. The number of guanidine groups is 1. The lowest BCUT2D eigenvalue weighted by molar-refractivity contribution is 0.0992. The number of piperidine rings is 1. The minimum atomic E-state index is -3.35. The van der Waals surface area contributed by atoms with Gasteiger partial charge in [-0.05, 0) is 44.2 Å². The van der Waals surface area contributed by atoms with Gasteiger partial charge in [-0.1, -0.05) is 6.42 Å². The van der Waals surface area contributed by atoms with Crippen molar-refractivity contribution in [2.45, 2.75) is 67.5 Å². The highest BCUT2D eigenvalue weighted by molar-refractivity contribution is 14.0. The summed E-state index contributed by atoms with van der Waals surface area (Å²) in [5.74, 6) is 0.741. The molecule has 3 aliphatic rings. The number of ether oxygens (including phenoxy) is 1. The molecule has 1 aromatic rings. The van der Waals surface area contributed by atoms with E-state index in [1.165, 1.54) is 17.8 Å². The van der Waals surface area contributed by atoms with E-state index in [1.807, 2.05) is 6.07 Å². The van der Waals surface area contributed by atoms with E-state index in [0.717, 1.165) is 42.9 Å². The quantitative estimate of drug-likeness (QED) is 0.341. The first-order chi connectivity index (χ1) is 13.1. The largest absolute Gasteiger partial charge is 0.373 e. The number of rotatable bonds is 5. The van der Waals surface area contributed by atoms with Crippen molar-refractivity contribution in [3.63, 3.8) is 0 Å². The first-order valence-electron chi connectivity index (χ1n) is 9.78. The molecule has 158 valence electrons. The summed E-state index contributed by atoms with van der Waals surface area (Å²) in [7, 11) is -1.59. The van der Waals surface area contributed by atoms with Crippen LogP contribution in [-0.4, -0.2) is 57.1 Å². The third kappa shape index (κ3) is 4.82. The molecule has 7 nitrogen and oxygen atoms in total. The fourth-order valence-corrected chi connectivity index (χ4v) is 7.12. The maximum absolute atomic E-state index is 12.8. The summed E-state index contributed by atoms with van der Waals surface area (Å²) < 4.78 is 33.5. The zero-order valence-electron chi connectivity index (χ0n) is 16.1. The van der Waals surface area contributed by atoms with Gasteiger partial charge in [0.05, 0.1) is 24.8 Å². The summed E-state index contributed by atoms with van der Waals surface area (Å²) in [4.78, 5) is 5.28. The molecule has 10 heteroatoms. The van der Waals surface area contributed by atoms with E-state index in [9.17, 15) is 8.42 Å². The van der Waals surface area contributed by atoms with Crippen molar-refractivity contribution in [2.24, 2.45) is 4.99 Å². The molecule has 2 N–H and O–H groups in total. The fourth-order valence-electron chi connectivity index (χ4n) is 4.16. The second-order valence-corrected chi connectivity index (χ2v) is 10.8. The first-order valence-corrected chi connectivity index (χ1v) is 12.0. The summed E-state index contributed by atoms with van der Waals surface area (Å²) in [5.41, 5.74) is 0. The van der Waals surface area contributed by atoms with Gasteiger partial charge in [0, 0.05) is 25.0 Å². The van der Waals surface area contributed by atoms with Gasteiger partial charge in [0.15, 0.2) is 5.96 Å². The molecule has 3 atom stereocenters. The number of sulfonamides is 1. The molecule has 2 bridgehead atoms. The Morgan fingerprint density at radius 3 is 2.71 bits per heavy atom. The van der Waals surface area contributed by atoms with Crippen LogP contribution in [0.4, 0.5) is 0 Å². The number of hydrogen-bond donors (Lipinski definition) is 2. The number of hydrogen-bond acceptors (Lipinski definition) is 5. The van der Waals surface area contributed by atoms with Crippen molar-refractivity contribution >= 4 is 51.3 Å². The Morgan fingerprint density at radius 1 is 1.29 bits per heavy atom. The van der Waals surface area contributed by atoms with E-state index in [2.05, 4.69) is 15.6 Å². The van der Waals surface area contributed by atoms with Gasteiger partial charge in [0.25, 0.3) is 10.0 Å². The number of nitrogens with zero attached hydrogens (tertiary/aromatic N) is 2. The molecule has 4 heterocycles. The van der Waals surface area contributed by atoms with Crippen molar-refractivity contribution in [3.05, 3.63) is 17.0 Å². The minimum absolute atomic E-state index is 0. The van der Waals surface area contributed by atoms with E-state index in [0.29, 0.717) is 36.0 Å². The van der Waals surface area contributed by atoms with Crippen LogP contribution in [0, 0.1) is 0 Å². The molecule has 0 amide bonds. The average Bonchev–Trinajstić information content (AvgIpc) is 3.42. The summed E-state index contributed by atoms with van der Waals surface area (Å²) in [6, 6.07) is 3.93. The standard InChI is InChI=1S/C18H28N4O3S2.HI/c1-19-18(21-15-11-13-5-7-16(15)25-13)20-12-14-6-8-17(26-14)27(23,24)22-9-3-2-4-10-22;/h6,8,13,15-16H,2-5,7,9-12H2,1H3,(H2,19,20,21);1H. The number of fused-ring (bicyclic) bond motifs is 2. The van der Waals surface area contributed by atoms with Crippen molar-refractivity contribution in [2.75, 3.05) is 20.1 Å². The van der Waals surface area contributed by atoms with Crippen molar-refractivity contribution in [3.8, 4) is 0 Å². The fraction of sp³-hybridized carbons (Fsp3) is 0.722. The lowest BCUT2D eigenvalue weighted by atomic mass is 9.96. The lowest BCUT2D eigenvalue weighted by Crippen LogP contribution is -2.47. The average molecular weight is 540 g/mol.